The first-order valence-corrected chi connectivity index (χ1v) is 8.85. The van der Waals surface area contributed by atoms with E-state index in [2.05, 4.69) is 25.6 Å². The Hall–Kier alpha value is -3.16. The number of hydrogen-bond donors (Lipinski definition) is 2. The van der Waals surface area contributed by atoms with Crippen molar-refractivity contribution in [2.45, 2.75) is 32.5 Å². The monoisotopic (exact) mass is 387 g/mol. The van der Waals surface area contributed by atoms with Crippen LogP contribution >= 0.6 is 0 Å². The van der Waals surface area contributed by atoms with Crippen molar-refractivity contribution < 1.29 is 13.2 Å². The SMILES string of the molecule is CC[C@H](C)Nc1nc(Nc2ccc(C(F)(F)F)cc2)cc(-c2cccnc2)n1. The molecule has 0 bridgehead atoms. The Morgan fingerprint density at radius 1 is 1.07 bits per heavy atom. The van der Waals surface area contributed by atoms with E-state index in [1.165, 1.54) is 12.1 Å². The number of rotatable bonds is 6. The molecule has 5 nitrogen and oxygen atoms in total. The molecule has 1 atom stereocenters. The molecule has 1 aromatic carbocycles. The highest BCUT2D eigenvalue weighted by molar-refractivity contribution is 5.67. The highest BCUT2D eigenvalue weighted by Gasteiger charge is 2.29. The Kier molecular flexibility index (Phi) is 5.77. The molecule has 146 valence electrons. The smallest absolute Gasteiger partial charge is 0.352 e. The zero-order chi connectivity index (χ0) is 20.1. The van der Waals surface area contributed by atoms with Crippen LogP contribution in [0, 0.1) is 0 Å². The summed E-state index contributed by atoms with van der Waals surface area (Å²) in [5.74, 6) is 0.907. The van der Waals surface area contributed by atoms with Gasteiger partial charge in [0.15, 0.2) is 0 Å². The molecule has 2 N–H and O–H groups in total. The fourth-order valence-electron chi connectivity index (χ4n) is 2.45. The van der Waals surface area contributed by atoms with Crippen LogP contribution in [0.15, 0.2) is 54.9 Å². The van der Waals surface area contributed by atoms with Gasteiger partial charge >= 0.3 is 6.18 Å². The summed E-state index contributed by atoms with van der Waals surface area (Å²) in [5, 5.41) is 6.27. The van der Waals surface area contributed by atoms with Gasteiger partial charge in [-0.3, -0.25) is 4.98 Å². The summed E-state index contributed by atoms with van der Waals surface area (Å²) >= 11 is 0. The molecule has 3 rings (SSSR count). The Morgan fingerprint density at radius 3 is 2.43 bits per heavy atom. The Balaban J connectivity index is 1.91. The van der Waals surface area contributed by atoms with Crippen molar-refractivity contribution in [3.63, 3.8) is 0 Å². The quantitative estimate of drug-likeness (QED) is 0.584. The predicted molar refractivity (Wildman–Crippen MR) is 103 cm³/mol. The molecule has 2 heterocycles. The lowest BCUT2D eigenvalue weighted by Gasteiger charge is -2.15. The molecule has 0 amide bonds. The topological polar surface area (TPSA) is 62.7 Å². The third-order valence-corrected chi connectivity index (χ3v) is 4.16. The van der Waals surface area contributed by atoms with E-state index in [9.17, 15) is 13.2 Å². The minimum Gasteiger partial charge on any atom is -0.352 e. The van der Waals surface area contributed by atoms with Crippen molar-refractivity contribution >= 4 is 17.5 Å². The highest BCUT2D eigenvalue weighted by atomic mass is 19.4. The molecule has 2 aromatic heterocycles. The molecule has 0 radical (unpaired) electrons. The van der Waals surface area contributed by atoms with Crippen LogP contribution in [0.2, 0.25) is 0 Å². The van der Waals surface area contributed by atoms with Crippen LogP contribution in [0.25, 0.3) is 11.3 Å². The molecule has 28 heavy (non-hydrogen) atoms. The number of alkyl halides is 3. The number of hydrogen-bond acceptors (Lipinski definition) is 5. The summed E-state index contributed by atoms with van der Waals surface area (Å²) in [4.78, 5) is 13.1. The number of benzene rings is 1. The number of pyridine rings is 1. The lowest BCUT2D eigenvalue weighted by atomic mass is 10.2. The molecular weight excluding hydrogens is 367 g/mol. The lowest BCUT2D eigenvalue weighted by Crippen LogP contribution is -2.16. The molecule has 0 fully saturated rings. The third kappa shape index (κ3) is 4.97. The second-order valence-corrected chi connectivity index (χ2v) is 6.36. The minimum absolute atomic E-state index is 0.170. The second-order valence-electron chi connectivity index (χ2n) is 6.36. The van der Waals surface area contributed by atoms with E-state index >= 15 is 0 Å². The highest BCUT2D eigenvalue weighted by Crippen LogP contribution is 2.30. The molecule has 0 aliphatic rings. The summed E-state index contributed by atoms with van der Waals surface area (Å²) in [5.41, 5.74) is 1.27. The van der Waals surface area contributed by atoms with Crippen molar-refractivity contribution in [3.05, 3.63) is 60.4 Å². The van der Waals surface area contributed by atoms with Gasteiger partial charge in [0.05, 0.1) is 11.3 Å². The maximum absolute atomic E-state index is 12.7. The van der Waals surface area contributed by atoms with Gasteiger partial charge in [-0.05, 0) is 49.7 Å². The number of aromatic nitrogens is 3. The van der Waals surface area contributed by atoms with Gasteiger partial charge in [0, 0.05) is 35.8 Å². The Bertz CT molecular complexity index is 911. The first-order chi connectivity index (χ1) is 13.3. The molecule has 3 aromatic rings. The van der Waals surface area contributed by atoms with E-state index < -0.39 is 11.7 Å². The first-order valence-electron chi connectivity index (χ1n) is 8.85. The molecule has 0 saturated heterocycles. The summed E-state index contributed by atoms with van der Waals surface area (Å²) in [6.07, 6.45) is -0.113. The van der Waals surface area contributed by atoms with Crippen molar-refractivity contribution in [3.8, 4) is 11.3 Å². The summed E-state index contributed by atoms with van der Waals surface area (Å²) in [6.45, 7) is 4.06. The van der Waals surface area contributed by atoms with E-state index in [0.29, 0.717) is 23.1 Å². The van der Waals surface area contributed by atoms with Crippen LogP contribution in [-0.4, -0.2) is 21.0 Å². The normalized spacial score (nSPS) is 12.5. The number of anilines is 3. The van der Waals surface area contributed by atoms with Crippen LogP contribution in [0.5, 0.6) is 0 Å². The molecule has 0 spiro atoms. The predicted octanol–water partition coefficient (Wildman–Crippen LogP) is 5.51. The molecular formula is C20H20F3N5. The zero-order valence-corrected chi connectivity index (χ0v) is 15.5. The summed E-state index contributed by atoms with van der Waals surface area (Å²) in [7, 11) is 0. The largest absolute Gasteiger partial charge is 0.416 e. The van der Waals surface area contributed by atoms with Crippen molar-refractivity contribution in [2.75, 3.05) is 10.6 Å². The maximum Gasteiger partial charge on any atom is 0.416 e. The standard InChI is InChI=1S/C20H20F3N5/c1-3-13(2)25-19-27-17(14-5-4-10-24-12-14)11-18(28-19)26-16-8-6-15(7-9-16)20(21,22)23/h4-13H,3H2,1-2H3,(H2,25,26,27,28)/t13-/m0/s1. The van der Waals surface area contributed by atoms with Crippen LogP contribution in [0.4, 0.5) is 30.6 Å². The van der Waals surface area contributed by atoms with E-state index in [4.69, 9.17) is 0 Å². The van der Waals surface area contributed by atoms with Gasteiger partial charge in [-0.2, -0.15) is 18.2 Å². The minimum atomic E-state index is -4.37. The summed E-state index contributed by atoms with van der Waals surface area (Å²) in [6, 6.07) is 10.4. The maximum atomic E-state index is 12.7. The van der Waals surface area contributed by atoms with Crippen LogP contribution in [-0.2, 0) is 6.18 Å². The molecule has 8 heteroatoms. The van der Waals surface area contributed by atoms with Gasteiger partial charge < -0.3 is 10.6 Å². The van der Waals surface area contributed by atoms with Crippen LogP contribution < -0.4 is 10.6 Å². The third-order valence-electron chi connectivity index (χ3n) is 4.16. The molecule has 0 unspecified atom stereocenters. The fraction of sp³-hybridized carbons (Fsp3) is 0.250. The van der Waals surface area contributed by atoms with E-state index in [-0.39, 0.29) is 6.04 Å². The van der Waals surface area contributed by atoms with Gasteiger partial charge in [0.2, 0.25) is 5.95 Å². The summed E-state index contributed by atoms with van der Waals surface area (Å²) < 4.78 is 38.2. The van der Waals surface area contributed by atoms with Crippen molar-refractivity contribution in [2.24, 2.45) is 0 Å². The van der Waals surface area contributed by atoms with E-state index in [1.54, 1.807) is 18.5 Å². The Labute approximate surface area is 161 Å². The Morgan fingerprint density at radius 2 is 1.82 bits per heavy atom. The van der Waals surface area contributed by atoms with Gasteiger partial charge in [0.1, 0.15) is 5.82 Å². The van der Waals surface area contributed by atoms with Gasteiger partial charge in [0.25, 0.3) is 0 Å². The van der Waals surface area contributed by atoms with Gasteiger partial charge in [-0.25, -0.2) is 4.98 Å². The lowest BCUT2D eigenvalue weighted by molar-refractivity contribution is -0.137. The average Bonchev–Trinajstić information content (AvgIpc) is 2.68. The second kappa shape index (κ2) is 8.24. The fourth-order valence-corrected chi connectivity index (χ4v) is 2.45. The van der Waals surface area contributed by atoms with E-state index in [0.717, 1.165) is 24.1 Å². The van der Waals surface area contributed by atoms with Crippen molar-refractivity contribution in [1.82, 2.24) is 15.0 Å². The van der Waals surface area contributed by atoms with Crippen LogP contribution in [0.3, 0.4) is 0 Å². The molecule has 0 aliphatic heterocycles. The number of nitrogens with zero attached hydrogens (tertiary/aromatic N) is 3. The molecule has 0 aliphatic carbocycles. The van der Waals surface area contributed by atoms with Gasteiger partial charge in [-0.1, -0.05) is 6.92 Å². The molecule has 0 saturated carbocycles. The number of nitrogens with one attached hydrogen (secondary N) is 2. The first kappa shape index (κ1) is 19.6. The number of halogens is 3. The van der Waals surface area contributed by atoms with E-state index in [1.807, 2.05) is 26.0 Å². The zero-order valence-electron chi connectivity index (χ0n) is 15.5. The van der Waals surface area contributed by atoms with Crippen LogP contribution in [0.1, 0.15) is 25.8 Å². The van der Waals surface area contributed by atoms with Crippen molar-refractivity contribution in [1.29, 1.82) is 0 Å². The average molecular weight is 387 g/mol. The van der Waals surface area contributed by atoms with Gasteiger partial charge in [-0.15, -0.1) is 0 Å².